The Morgan fingerprint density at radius 2 is 2.12 bits per heavy atom. The highest BCUT2D eigenvalue weighted by atomic mass is 127. The van der Waals surface area contributed by atoms with Gasteiger partial charge in [0.1, 0.15) is 0 Å². The molecule has 0 aliphatic heterocycles. The molecule has 1 aromatic rings. The molecule has 0 saturated heterocycles. The van der Waals surface area contributed by atoms with Crippen LogP contribution in [0.25, 0.3) is 0 Å². The van der Waals surface area contributed by atoms with Crippen molar-refractivity contribution >= 4 is 28.3 Å². The van der Waals surface area contributed by atoms with E-state index >= 15 is 0 Å². The number of rotatable bonds is 3. The van der Waals surface area contributed by atoms with Crippen LogP contribution in [0.5, 0.6) is 11.6 Å². The van der Waals surface area contributed by atoms with Crippen molar-refractivity contribution < 1.29 is 27.6 Å². The van der Waals surface area contributed by atoms with Crippen LogP contribution in [0.2, 0.25) is 0 Å². The van der Waals surface area contributed by atoms with Crippen molar-refractivity contribution in [3.05, 3.63) is 19.9 Å². The molecule has 0 atom stereocenters. The maximum Gasteiger partial charge on any atom is 0.574 e. The van der Waals surface area contributed by atoms with E-state index in [-0.39, 0.29) is 9.32 Å². The molecule has 1 rings (SSSR count). The molecule has 1 aromatic heterocycles. The fourth-order valence-electron chi connectivity index (χ4n) is 0.945. The van der Waals surface area contributed by atoms with E-state index in [1.165, 1.54) is 22.6 Å². The van der Waals surface area contributed by atoms with E-state index < -0.39 is 22.9 Å². The normalized spacial score (nSPS) is 11.1. The van der Waals surface area contributed by atoms with Gasteiger partial charge in [0.05, 0.1) is 18.2 Å². The molecular formula is C7H4F3IN2O4. The molecule has 0 saturated carbocycles. The molecule has 0 fully saturated rings. The number of methoxy groups -OCH3 is 1. The van der Waals surface area contributed by atoms with Gasteiger partial charge in [0.2, 0.25) is 11.6 Å². The van der Waals surface area contributed by atoms with E-state index in [9.17, 15) is 23.3 Å². The predicted octanol–water partition coefficient (Wildman–Crippen LogP) is 2.50. The van der Waals surface area contributed by atoms with Gasteiger partial charge in [0, 0.05) is 0 Å². The lowest BCUT2D eigenvalue weighted by Gasteiger charge is -2.10. The van der Waals surface area contributed by atoms with E-state index in [2.05, 4.69) is 14.5 Å². The fraction of sp³-hybridized carbons (Fsp3) is 0.286. The molecule has 0 amide bonds. The average molecular weight is 364 g/mol. The number of aromatic nitrogens is 1. The van der Waals surface area contributed by atoms with Crippen LogP contribution in [0.4, 0.5) is 18.9 Å². The van der Waals surface area contributed by atoms with Crippen LogP contribution in [0.1, 0.15) is 0 Å². The van der Waals surface area contributed by atoms with E-state index in [0.29, 0.717) is 0 Å². The van der Waals surface area contributed by atoms with Crippen molar-refractivity contribution in [3.8, 4) is 11.6 Å². The maximum absolute atomic E-state index is 12.0. The van der Waals surface area contributed by atoms with Gasteiger partial charge in [0.25, 0.3) is 0 Å². The first-order valence-electron chi connectivity index (χ1n) is 3.89. The molecule has 6 nitrogen and oxygen atoms in total. The van der Waals surface area contributed by atoms with Crippen LogP contribution in [-0.2, 0) is 0 Å². The van der Waals surface area contributed by atoms with Crippen molar-refractivity contribution in [1.29, 1.82) is 0 Å². The predicted molar refractivity (Wildman–Crippen MR) is 56.8 cm³/mol. The van der Waals surface area contributed by atoms with Gasteiger partial charge in [-0.1, -0.05) is 0 Å². The molecular weight excluding hydrogens is 360 g/mol. The second kappa shape index (κ2) is 4.89. The summed E-state index contributed by atoms with van der Waals surface area (Å²) in [6, 6.07) is 0. The van der Waals surface area contributed by atoms with Crippen molar-refractivity contribution in [2.75, 3.05) is 7.11 Å². The van der Waals surface area contributed by atoms with Crippen LogP contribution in [0.3, 0.4) is 0 Å². The molecule has 1 heterocycles. The molecule has 0 spiro atoms. The molecule has 0 radical (unpaired) electrons. The Balaban J connectivity index is 3.28. The van der Waals surface area contributed by atoms with Gasteiger partial charge in [-0.25, -0.2) is 4.98 Å². The highest BCUT2D eigenvalue weighted by Crippen LogP contribution is 2.37. The minimum absolute atomic E-state index is 0.242. The highest BCUT2D eigenvalue weighted by molar-refractivity contribution is 14.1. The largest absolute Gasteiger partial charge is 0.574 e. The quantitative estimate of drug-likeness (QED) is 0.468. The SMILES string of the molecule is COc1cnc(OC(F)(F)F)c(I)c1[N+](=O)[O-]. The molecule has 0 N–H and O–H groups in total. The molecule has 0 aliphatic carbocycles. The van der Waals surface area contributed by atoms with E-state index in [1.54, 1.807) is 0 Å². The van der Waals surface area contributed by atoms with Crippen molar-refractivity contribution in [1.82, 2.24) is 4.98 Å². The number of hydrogen-bond donors (Lipinski definition) is 0. The monoisotopic (exact) mass is 364 g/mol. The Kier molecular flexibility index (Phi) is 3.95. The molecule has 94 valence electrons. The summed E-state index contributed by atoms with van der Waals surface area (Å²) in [7, 11) is 1.14. The number of alkyl halides is 3. The van der Waals surface area contributed by atoms with E-state index in [1.807, 2.05) is 0 Å². The third-order valence-corrected chi connectivity index (χ3v) is 2.52. The first-order valence-corrected chi connectivity index (χ1v) is 4.96. The fourth-order valence-corrected chi connectivity index (χ4v) is 1.66. The summed E-state index contributed by atoms with van der Waals surface area (Å²) in [5.74, 6) is -1.13. The lowest BCUT2D eigenvalue weighted by Crippen LogP contribution is -2.19. The Bertz CT molecular complexity index is 451. The first kappa shape index (κ1) is 13.7. The number of halogens is 4. The number of pyridine rings is 1. The molecule has 0 aliphatic rings. The summed E-state index contributed by atoms with van der Waals surface area (Å²) in [5, 5.41) is 10.7. The van der Waals surface area contributed by atoms with Crippen LogP contribution in [0.15, 0.2) is 6.20 Å². The second-order valence-electron chi connectivity index (χ2n) is 2.60. The minimum atomic E-state index is -4.96. The standard InChI is InChI=1S/C7H4F3IN2O4/c1-16-3-2-12-6(17-7(8,9)10)4(11)5(3)13(14)15/h2H,1H3. The third-order valence-electron chi connectivity index (χ3n) is 1.54. The summed E-state index contributed by atoms with van der Waals surface area (Å²) in [5.41, 5.74) is -0.623. The lowest BCUT2D eigenvalue weighted by atomic mass is 10.4. The zero-order valence-corrected chi connectivity index (χ0v) is 10.3. The van der Waals surface area contributed by atoms with E-state index in [0.717, 1.165) is 13.3 Å². The summed E-state index contributed by atoms with van der Waals surface area (Å²) >= 11 is 1.34. The second-order valence-corrected chi connectivity index (χ2v) is 3.68. The molecule has 17 heavy (non-hydrogen) atoms. The summed E-state index contributed by atoms with van der Waals surface area (Å²) < 4.78 is 43.7. The van der Waals surface area contributed by atoms with Crippen LogP contribution >= 0.6 is 22.6 Å². The van der Waals surface area contributed by atoms with Gasteiger partial charge in [0.15, 0.2) is 3.57 Å². The smallest absolute Gasteiger partial charge is 0.489 e. The first-order chi connectivity index (χ1) is 7.76. The minimum Gasteiger partial charge on any atom is -0.489 e. The van der Waals surface area contributed by atoms with Crippen molar-refractivity contribution in [3.63, 3.8) is 0 Å². The summed E-state index contributed by atoms with van der Waals surface area (Å²) in [6.45, 7) is 0. The number of nitro groups is 1. The third kappa shape index (κ3) is 3.31. The Hall–Kier alpha value is -1.33. The van der Waals surface area contributed by atoms with E-state index in [4.69, 9.17) is 0 Å². The number of ether oxygens (including phenoxy) is 2. The van der Waals surface area contributed by atoms with Gasteiger partial charge in [-0.3, -0.25) is 10.1 Å². The zero-order chi connectivity index (χ0) is 13.2. The van der Waals surface area contributed by atoms with Gasteiger partial charge < -0.3 is 9.47 Å². The Morgan fingerprint density at radius 3 is 2.53 bits per heavy atom. The van der Waals surface area contributed by atoms with Crippen LogP contribution < -0.4 is 9.47 Å². The maximum atomic E-state index is 12.0. The lowest BCUT2D eigenvalue weighted by molar-refractivity contribution is -0.387. The summed E-state index contributed by atoms with van der Waals surface area (Å²) in [6.07, 6.45) is -4.17. The van der Waals surface area contributed by atoms with Gasteiger partial charge in [-0.05, 0) is 22.6 Å². The summed E-state index contributed by atoms with van der Waals surface area (Å²) in [4.78, 5) is 13.1. The molecule has 0 bridgehead atoms. The topological polar surface area (TPSA) is 74.5 Å². The van der Waals surface area contributed by atoms with Gasteiger partial charge in [-0.2, -0.15) is 0 Å². The zero-order valence-electron chi connectivity index (χ0n) is 8.12. The van der Waals surface area contributed by atoms with Gasteiger partial charge in [-0.15, -0.1) is 13.2 Å². The molecule has 0 aromatic carbocycles. The molecule has 0 unspecified atom stereocenters. The van der Waals surface area contributed by atoms with Crippen LogP contribution in [-0.4, -0.2) is 23.4 Å². The van der Waals surface area contributed by atoms with Gasteiger partial charge >= 0.3 is 12.0 Å². The highest BCUT2D eigenvalue weighted by Gasteiger charge is 2.35. The number of nitrogens with zero attached hydrogens (tertiary/aromatic N) is 2. The van der Waals surface area contributed by atoms with Crippen LogP contribution in [0, 0.1) is 13.7 Å². The number of hydrogen-bond acceptors (Lipinski definition) is 5. The average Bonchev–Trinajstić information content (AvgIpc) is 2.18. The molecule has 10 heteroatoms. The Labute approximate surface area is 106 Å². The Morgan fingerprint density at radius 1 is 1.53 bits per heavy atom. The van der Waals surface area contributed by atoms with Crippen molar-refractivity contribution in [2.45, 2.75) is 6.36 Å². The van der Waals surface area contributed by atoms with Crippen molar-refractivity contribution in [2.24, 2.45) is 0 Å².